The van der Waals surface area contributed by atoms with Gasteiger partial charge in [-0.1, -0.05) is 0 Å². The van der Waals surface area contributed by atoms with E-state index in [1.807, 2.05) is 6.92 Å². The molecule has 0 aliphatic carbocycles. The number of nitrogens with one attached hydrogen (secondary N) is 1. The van der Waals surface area contributed by atoms with Crippen molar-refractivity contribution in [2.45, 2.75) is 26.3 Å². The molecule has 86 valence electrons. The van der Waals surface area contributed by atoms with Crippen molar-refractivity contribution >= 4 is 27.3 Å². The number of ether oxygens (including phenoxy) is 1. The summed E-state index contributed by atoms with van der Waals surface area (Å²) in [6, 6.07) is 2.51. The van der Waals surface area contributed by atoms with Gasteiger partial charge in [0.25, 0.3) is 0 Å². The van der Waals surface area contributed by atoms with Crippen molar-refractivity contribution in [3.05, 3.63) is 20.8 Å². The standard InChI is InChI=1S/C11H18BrNOS/c1-3-14-7-4-6-13-9(2)11-10(12)5-8-15-11/h5,8-9,13H,3-4,6-7H2,1-2H3. The summed E-state index contributed by atoms with van der Waals surface area (Å²) < 4.78 is 6.49. The van der Waals surface area contributed by atoms with Crippen LogP contribution < -0.4 is 5.32 Å². The lowest BCUT2D eigenvalue weighted by atomic mass is 10.2. The maximum absolute atomic E-state index is 5.28. The van der Waals surface area contributed by atoms with Gasteiger partial charge in [0.2, 0.25) is 0 Å². The van der Waals surface area contributed by atoms with Gasteiger partial charge in [0, 0.05) is 28.6 Å². The molecule has 4 heteroatoms. The maximum Gasteiger partial charge on any atom is 0.0477 e. The molecule has 15 heavy (non-hydrogen) atoms. The Morgan fingerprint density at radius 3 is 3.00 bits per heavy atom. The molecule has 0 bridgehead atoms. The fourth-order valence-electron chi connectivity index (χ4n) is 1.34. The number of rotatable bonds is 7. The minimum absolute atomic E-state index is 0.418. The van der Waals surface area contributed by atoms with Gasteiger partial charge in [-0.2, -0.15) is 0 Å². The van der Waals surface area contributed by atoms with E-state index in [0.29, 0.717) is 6.04 Å². The highest BCUT2D eigenvalue weighted by Crippen LogP contribution is 2.28. The third kappa shape index (κ3) is 4.64. The molecule has 1 heterocycles. The summed E-state index contributed by atoms with van der Waals surface area (Å²) >= 11 is 5.33. The Hall–Kier alpha value is 0.100. The van der Waals surface area contributed by atoms with Gasteiger partial charge in [-0.25, -0.2) is 0 Å². The lowest BCUT2D eigenvalue weighted by Gasteiger charge is -2.12. The lowest BCUT2D eigenvalue weighted by molar-refractivity contribution is 0.144. The predicted octanol–water partition coefficient (Wildman–Crippen LogP) is 3.59. The second-order valence-corrected chi connectivity index (χ2v) is 5.16. The van der Waals surface area contributed by atoms with Crippen LogP contribution in [-0.2, 0) is 4.74 Å². The van der Waals surface area contributed by atoms with Gasteiger partial charge >= 0.3 is 0 Å². The first-order chi connectivity index (χ1) is 7.25. The summed E-state index contributed by atoms with van der Waals surface area (Å²) in [7, 11) is 0. The van der Waals surface area contributed by atoms with Crippen molar-refractivity contribution < 1.29 is 4.74 Å². The maximum atomic E-state index is 5.28. The molecular formula is C11H18BrNOS. The average Bonchev–Trinajstić information content (AvgIpc) is 2.64. The Labute approximate surface area is 104 Å². The Balaban J connectivity index is 2.19. The van der Waals surface area contributed by atoms with Crippen LogP contribution in [0.2, 0.25) is 0 Å². The third-order valence-electron chi connectivity index (χ3n) is 2.16. The van der Waals surface area contributed by atoms with Crippen LogP contribution in [0.3, 0.4) is 0 Å². The minimum atomic E-state index is 0.418. The van der Waals surface area contributed by atoms with Crippen LogP contribution in [0.15, 0.2) is 15.9 Å². The Morgan fingerprint density at radius 1 is 1.60 bits per heavy atom. The molecule has 0 amide bonds. The van der Waals surface area contributed by atoms with Gasteiger partial charge in [-0.05, 0) is 54.2 Å². The molecule has 1 atom stereocenters. The summed E-state index contributed by atoms with van der Waals surface area (Å²) in [5.41, 5.74) is 0. The summed E-state index contributed by atoms with van der Waals surface area (Å²) in [5, 5.41) is 5.59. The molecule has 0 aliphatic rings. The van der Waals surface area contributed by atoms with Gasteiger partial charge in [0.05, 0.1) is 0 Å². The van der Waals surface area contributed by atoms with Crippen LogP contribution in [0.4, 0.5) is 0 Å². The second kappa shape index (κ2) is 7.39. The lowest BCUT2D eigenvalue weighted by Crippen LogP contribution is -2.20. The molecule has 0 radical (unpaired) electrons. The van der Waals surface area contributed by atoms with Crippen LogP contribution in [0.1, 0.15) is 31.2 Å². The van der Waals surface area contributed by atoms with Crippen LogP contribution in [-0.4, -0.2) is 19.8 Å². The zero-order valence-corrected chi connectivity index (χ0v) is 11.7. The first kappa shape index (κ1) is 13.2. The second-order valence-electron chi connectivity index (χ2n) is 3.36. The molecule has 1 aromatic heterocycles. The molecule has 0 fully saturated rings. The predicted molar refractivity (Wildman–Crippen MR) is 69.5 cm³/mol. The summed E-state index contributed by atoms with van der Waals surface area (Å²) in [6.45, 7) is 6.88. The van der Waals surface area contributed by atoms with Crippen molar-refractivity contribution in [3.63, 3.8) is 0 Å². The van der Waals surface area contributed by atoms with E-state index >= 15 is 0 Å². The molecule has 1 aromatic rings. The first-order valence-electron chi connectivity index (χ1n) is 5.29. The molecule has 0 spiro atoms. The van der Waals surface area contributed by atoms with Gasteiger partial charge in [-0.3, -0.25) is 0 Å². The van der Waals surface area contributed by atoms with Gasteiger partial charge < -0.3 is 10.1 Å². The van der Waals surface area contributed by atoms with Crippen LogP contribution in [0, 0.1) is 0 Å². The Bertz CT molecular complexity index is 277. The third-order valence-corrected chi connectivity index (χ3v) is 4.21. The molecular weight excluding hydrogens is 274 g/mol. The van der Waals surface area contributed by atoms with Crippen molar-refractivity contribution in [1.82, 2.24) is 5.32 Å². The minimum Gasteiger partial charge on any atom is -0.382 e. The zero-order chi connectivity index (χ0) is 11.1. The fraction of sp³-hybridized carbons (Fsp3) is 0.636. The summed E-state index contributed by atoms with van der Waals surface area (Å²) in [5.74, 6) is 0. The largest absolute Gasteiger partial charge is 0.382 e. The Kier molecular flexibility index (Phi) is 6.48. The van der Waals surface area contributed by atoms with Crippen molar-refractivity contribution in [2.24, 2.45) is 0 Å². The van der Waals surface area contributed by atoms with Crippen molar-refractivity contribution in [2.75, 3.05) is 19.8 Å². The monoisotopic (exact) mass is 291 g/mol. The van der Waals surface area contributed by atoms with E-state index in [2.05, 4.69) is 39.6 Å². The van der Waals surface area contributed by atoms with Crippen LogP contribution in [0.25, 0.3) is 0 Å². The molecule has 1 N–H and O–H groups in total. The van der Waals surface area contributed by atoms with Crippen molar-refractivity contribution in [3.8, 4) is 0 Å². The van der Waals surface area contributed by atoms with E-state index in [1.54, 1.807) is 11.3 Å². The van der Waals surface area contributed by atoms with E-state index in [9.17, 15) is 0 Å². The highest BCUT2D eigenvalue weighted by atomic mass is 79.9. The molecule has 1 rings (SSSR count). The van der Waals surface area contributed by atoms with Gasteiger partial charge in [-0.15, -0.1) is 11.3 Å². The molecule has 0 saturated heterocycles. The fourth-order valence-corrected chi connectivity index (χ4v) is 3.09. The van der Waals surface area contributed by atoms with Crippen LogP contribution >= 0.6 is 27.3 Å². The van der Waals surface area contributed by atoms with Gasteiger partial charge in [0.1, 0.15) is 0 Å². The van der Waals surface area contributed by atoms with Crippen LogP contribution in [0.5, 0.6) is 0 Å². The normalized spacial score (nSPS) is 13.0. The summed E-state index contributed by atoms with van der Waals surface area (Å²) in [6.07, 6.45) is 1.07. The topological polar surface area (TPSA) is 21.3 Å². The van der Waals surface area contributed by atoms with Gasteiger partial charge in [0.15, 0.2) is 0 Å². The molecule has 2 nitrogen and oxygen atoms in total. The zero-order valence-electron chi connectivity index (χ0n) is 9.25. The SMILES string of the molecule is CCOCCCNC(C)c1sccc1Br. The first-order valence-corrected chi connectivity index (χ1v) is 6.97. The van der Waals surface area contributed by atoms with E-state index in [4.69, 9.17) is 4.74 Å². The highest BCUT2D eigenvalue weighted by Gasteiger charge is 2.09. The van der Waals surface area contributed by atoms with E-state index in [1.165, 1.54) is 9.35 Å². The number of thiophene rings is 1. The molecule has 0 aromatic carbocycles. The number of halogens is 1. The van der Waals surface area contributed by atoms with E-state index in [0.717, 1.165) is 26.2 Å². The van der Waals surface area contributed by atoms with Crippen molar-refractivity contribution in [1.29, 1.82) is 0 Å². The number of hydrogen-bond donors (Lipinski definition) is 1. The molecule has 0 saturated carbocycles. The quantitative estimate of drug-likeness (QED) is 0.775. The summed E-state index contributed by atoms with van der Waals surface area (Å²) in [4.78, 5) is 1.37. The van der Waals surface area contributed by atoms with E-state index in [-0.39, 0.29) is 0 Å². The highest BCUT2D eigenvalue weighted by molar-refractivity contribution is 9.10. The van der Waals surface area contributed by atoms with E-state index < -0.39 is 0 Å². The molecule has 1 unspecified atom stereocenters. The Morgan fingerprint density at radius 2 is 2.40 bits per heavy atom. The average molecular weight is 292 g/mol. The number of hydrogen-bond acceptors (Lipinski definition) is 3. The smallest absolute Gasteiger partial charge is 0.0477 e. The molecule has 0 aliphatic heterocycles.